The first-order valence-corrected chi connectivity index (χ1v) is 8.84. The Morgan fingerprint density at radius 3 is 2.33 bits per heavy atom. The summed E-state index contributed by atoms with van der Waals surface area (Å²) in [4.78, 5) is 12.2. The molecule has 0 radical (unpaired) electrons. The summed E-state index contributed by atoms with van der Waals surface area (Å²) >= 11 is 0. The maximum atomic E-state index is 12.2. The summed E-state index contributed by atoms with van der Waals surface area (Å²) in [5.41, 5.74) is 2.42. The van der Waals surface area contributed by atoms with Crippen molar-refractivity contribution in [3.05, 3.63) is 71.9 Å². The lowest BCUT2D eigenvalue weighted by Crippen LogP contribution is -2.22. The van der Waals surface area contributed by atoms with E-state index >= 15 is 0 Å². The van der Waals surface area contributed by atoms with Crippen LogP contribution >= 0.6 is 0 Å². The molecule has 2 aromatic carbocycles. The molecule has 3 rings (SSSR count). The van der Waals surface area contributed by atoms with Crippen molar-refractivity contribution >= 4 is 11.7 Å². The Kier molecular flexibility index (Phi) is 6.10. The van der Waals surface area contributed by atoms with Crippen molar-refractivity contribution < 1.29 is 14.3 Å². The number of carbonyl (C=O) groups excluding carboxylic acids is 1. The fourth-order valence-corrected chi connectivity index (χ4v) is 2.62. The number of rotatable bonds is 8. The maximum Gasteiger partial charge on any atom is 0.263 e. The van der Waals surface area contributed by atoms with E-state index in [2.05, 4.69) is 41.6 Å². The van der Waals surface area contributed by atoms with Gasteiger partial charge in [-0.15, -0.1) is 0 Å². The third kappa shape index (κ3) is 5.10. The second-order valence-corrected chi connectivity index (χ2v) is 6.06. The zero-order chi connectivity index (χ0) is 19.1. The molecule has 0 fully saturated rings. The lowest BCUT2D eigenvalue weighted by atomic mass is 10.1. The first kappa shape index (κ1) is 18.5. The first-order chi connectivity index (χ1) is 13.2. The van der Waals surface area contributed by atoms with Gasteiger partial charge in [-0.05, 0) is 41.8 Å². The SMILES string of the molecule is CCc1ccc(Cn2nccc2NC(=O)COc2ccc(OC)cc2)cc1. The molecule has 0 aliphatic rings. The predicted octanol–water partition coefficient (Wildman–Crippen LogP) is 3.52. The quantitative estimate of drug-likeness (QED) is 0.663. The molecule has 0 unspecified atom stereocenters. The number of anilines is 1. The minimum Gasteiger partial charge on any atom is -0.497 e. The van der Waals surface area contributed by atoms with Gasteiger partial charge in [0.2, 0.25) is 0 Å². The zero-order valence-corrected chi connectivity index (χ0v) is 15.5. The molecular weight excluding hydrogens is 342 g/mol. The number of hydrogen-bond acceptors (Lipinski definition) is 4. The van der Waals surface area contributed by atoms with E-state index in [4.69, 9.17) is 9.47 Å². The van der Waals surface area contributed by atoms with E-state index in [0.717, 1.165) is 17.7 Å². The smallest absolute Gasteiger partial charge is 0.263 e. The Morgan fingerprint density at radius 1 is 1.00 bits per heavy atom. The van der Waals surface area contributed by atoms with E-state index in [0.29, 0.717) is 18.1 Å². The van der Waals surface area contributed by atoms with Gasteiger partial charge in [0.05, 0.1) is 19.9 Å². The summed E-state index contributed by atoms with van der Waals surface area (Å²) in [6.45, 7) is 2.64. The topological polar surface area (TPSA) is 65.4 Å². The number of amides is 1. The van der Waals surface area contributed by atoms with Crippen LogP contribution in [0.5, 0.6) is 11.5 Å². The van der Waals surface area contributed by atoms with Crippen molar-refractivity contribution in [1.29, 1.82) is 0 Å². The van der Waals surface area contributed by atoms with Crippen molar-refractivity contribution in [2.45, 2.75) is 19.9 Å². The molecule has 1 aromatic heterocycles. The first-order valence-electron chi connectivity index (χ1n) is 8.84. The summed E-state index contributed by atoms with van der Waals surface area (Å²) in [5.74, 6) is 1.74. The van der Waals surface area contributed by atoms with Crippen molar-refractivity contribution in [2.24, 2.45) is 0 Å². The summed E-state index contributed by atoms with van der Waals surface area (Å²) in [7, 11) is 1.60. The number of ether oxygens (including phenoxy) is 2. The standard InChI is InChI=1S/C21H23N3O3/c1-3-16-4-6-17(7-5-16)14-24-20(12-13-22-24)23-21(25)15-27-19-10-8-18(26-2)9-11-19/h4-13H,3,14-15H2,1-2H3,(H,23,25). The molecule has 6 heteroatoms. The van der Waals surface area contributed by atoms with Crippen LogP contribution in [0.25, 0.3) is 0 Å². The Balaban J connectivity index is 1.55. The minimum atomic E-state index is -0.242. The summed E-state index contributed by atoms with van der Waals surface area (Å²) in [6, 6.07) is 17.2. The average Bonchev–Trinajstić information content (AvgIpc) is 3.14. The molecule has 1 heterocycles. The van der Waals surface area contributed by atoms with Gasteiger partial charge < -0.3 is 14.8 Å². The second kappa shape index (κ2) is 8.89. The highest BCUT2D eigenvalue weighted by molar-refractivity contribution is 5.91. The van der Waals surface area contributed by atoms with E-state index in [1.54, 1.807) is 48.3 Å². The Bertz CT molecular complexity index is 870. The molecule has 0 aliphatic carbocycles. The molecule has 27 heavy (non-hydrogen) atoms. The molecule has 0 spiro atoms. The molecule has 1 amide bonds. The molecule has 140 valence electrons. The number of hydrogen-bond donors (Lipinski definition) is 1. The molecule has 0 atom stereocenters. The van der Waals surface area contributed by atoms with Crippen LogP contribution in [0.15, 0.2) is 60.8 Å². The van der Waals surface area contributed by atoms with Crippen LogP contribution in [0.2, 0.25) is 0 Å². The third-order valence-electron chi connectivity index (χ3n) is 4.18. The second-order valence-electron chi connectivity index (χ2n) is 6.06. The molecule has 0 saturated carbocycles. The highest BCUT2D eigenvalue weighted by atomic mass is 16.5. The number of aromatic nitrogens is 2. The maximum absolute atomic E-state index is 12.2. The number of benzene rings is 2. The van der Waals surface area contributed by atoms with E-state index in [1.165, 1.54) is 5.56 Å². The molecular formula is C21H23N3O3. The normalized spacial score (nSPS) is 10.4. The van der Waals surface area contributed by atoms with Crippen molar-refractivity contribution in [2.75, 3.05) is 19.0 Å². The summed E-state index contributed by atoms with van der Waals surface area (Å²) < 4.78 is 12.4. The minimum absolute atomic E-state index is 0.0806. The van der Waals surface area contributed by atoms with Gasteiger partial charge in [0.1, 0.15) is 17.3 Å². The molecule has 0 saturated heterocycles. The van der Waals surface area contributed by atoms with Crippen LogP contribution in [0.4, 0.5) is 5.82 Å². The Morgan fingerprint density at radius 2 is 1.67 bits per heavy atom. The highest BCUT2D eigenvalue weighted by Crippen LogP contribution is 2.17. The molecule has 6 nitrogen and oxygen atoms in total. The van der Waals surface area contributed by atoms with Gasteiger partial charge in [-0.25, -0.2) is 4.68 Å². The van der Waals surface area contributed by atoms with Gasteiger partial charge in [-0.2, -0.15) is 5.10 Å². The molecule has 0 aliphatic heterocycles. The average molecular weight is 365 g/mol. The van der Waals surface area contributed by atoms with Crippen LogP contribution < -0.4 is 14.8 Å². The van der Waals surface area contributed by atoms with E-state index in [-0.39, 0.29) is 12.5 Å². The summed E-state index contributed by atoms with van der Waals surface area (Å²) in [5, 5.41) is 7.13. The summed E-state index contributed by atoms with van der Waals surface area (Å²) in [6.07, 6.45) is 2.68. The van der Waals surface area contributed by atoms with Gasteiger partial charge in [0, 0.05) is 6.07 Å². The van der Waals surface area contributed by atoms with Gasteiger partial charge in [-0.3, -0.25) is 4.79 Å². The van der Waals surface area contributed by atoms with Crippen LogP contribution in [0, 0.1) is 0 Å². The molecule has 1 N–H and O–H groups in total. The number of carbonyl (C=O) groups is 1. The number of methoxy groups -OCH3 is 1. The van der Waals surface area contributed by atoms with E-state index in [9.17, 15) is 4.79 Å². The van der Waals surface area contributed by atoms with Crippen LogP contribution in [0.3, 0.4) is 0 Å². The van der Waals surface area contributed by atoms with Gasteiger partial charge in [0.15, 0.2) is 6.61 Å². The van der Waals surface area contributed by atoms with Crippen LogP contribution in [-0.4, -0.2) is 29.4 Å². The van der Waals surface area contributed by atoms with Crippen molar-refractivity contribution in [3.63, 3.8) is 0 Å². The predicted molar refractivity (Wildman–Crippen MR) is 104 cm³/mol. The van der Waals surface area contributed by atoms with Crippen molar-refractivity contribution in [3.8, 4) is 11.5 Å². The lowest BCUT2D eigenvalue weighted by Gasteiger charge is -2.10. The molecule has 0 bridgehead atoms. The number of nitrogens with zero attached hydrogens (tertiary/aromatic N) is 2. The van der Waals surface area contributed by atoms with Crippen LogP contribution in [0.1, 0.15) is 18.1 Å². The Hall–Kier alpha value is -3.28. The number of aryl methyl sites for hydroxylation is 1. The monoisotopic (exact) mass is 365 g/mol. The Labute approximate surface area is 158 Å². The fraction of sp³-hybridized carbons (Fsp3) is 0.238. The molecule has 3 aromatic rings. The van der Waals surface area contributed by atoms with E-state index in [1.807, 2.05) is 0 Å². The largest absolute Gasteiger partial charge is 0.497 e. The van der Waals surface area contributed by atoms with Gasteiger partial charge in [-0.1, -0.05) is 31.2 Å². The van der Waals surface area contributed by atoms with Crippen LogP contribution in [-0.2, 0) is 17.8 Å². The van der Waals surface area contributed by atoms with Gasteiger partial charge >= 0.3 is 0 Å². The lowest BCUT2D eigenvalue weighted by molar-refractivity contribution is -0.118. The fourth-order valence-electron chi connectivity index (χ4n) is 2.62. The van der Waals surface area contributed by atoms with E-state index < -0.39 is 0 Å². The zero-order valence-electron chi connectivity index (χ0n) is 15.5. The van der Waals surface area contributed by atoms with Crippen molar-refractivity contribution in [1.82, 2.24) is 9.78 Å². The number of nitrogens with one attached hydrogen (secondary N) is 1. The highest BCUT2D eigenvalue weighted by Gasteiger charge is 2.09. The third-order valence-corrected chi connectivity index (χ3v) is 4.18. The van der Waals surface area contributed by atoms with Gasteiger partial charge in [0.25, 0.3) is 5.91 Å².